The summed E-state index contributed by atoms with van der Waals surface area (Å²) in [5, 5.41) is 3.24. The molecule has 0 radical (unpaired) electrons. The minimum atomic E-state index is 0.506. The molecule has 0 aliphatic rings. The molecule has 1 heterocycles. The van der Waals surface area contributed by atoms with Crippen LogP contribution in [0.5, 0.6) is 0 Å². The van der Waals surface area contributed by atoms with Crippen LogP contribution in [0.4, 0.5) is 5.95 Å². The highest BCUT2D eigenvalue weighted by Crippen LogP contribution is 2.16. The SMILES string of the molecule is CCNc1nccn1C(C)CSC. The van der Waals surface area contributed by atoms with Crippen LogP contribution in [-0.2, 0) is 0 Å². The fraction of sp³-hybridized carbons (Fsp3) is 0.667. The quantitative estimate of drug-likeness (QED) is 0.788. The Balaban J connectivity index is 2.68. The lowest BCUT2D eigenvalue weighted by molar-refractivity contribution is 0.615. The van der Waals surface area contributed by atoms with Gasteiger partial charge in [-0.25, -0.2) is 4.98 Å². The molecular weight excluding hydrogens is 182 g/mol. The third-order valence-corrected chi connectivity index (χ3v) is 2.70. The highest BCUT2D eigenvalue weighted by molar-refractivity contribution is 7.98. The Hall–Kier alpha value is -0.640. The van der Waals surface area contributed by atoms with Crippen molar-refractivity contribution in [2.75, 3.05) is 23.9 Å². The molecule has 0 amide bonds. The molecule has 1 N–H and O–H groups in total. The standard InChI is InChI=1S/C9H17N3S/c1-4-10-9-11-5-6-12(9)8(2)7-13-3/h5-6,8H,4,7H2,1-3H3,(H,10,11). The van der Waals surface area contributed by atoms with E-state index in [9.17, 15) is 0 Å². The van der Waals surface area contributed by atoms with Crippen LogP contribution in [0.3, 0.4) is 0 Å². The highest BCUT2D eigenvalue weighted by Gasteiger charge is 2.07. The molecule has 3 nitrogen and oxygen atoms in total. The van der Waals surface area contributed by atoms with Crippen LogP contribution in [0.1, 0.15) is 19.9 Å². The number of imidazole rings is 1. The second-order valence-corrected chi connectivity index (χ2v) is 3.90. The Labute approximate surface area is 83.9 Å². The van der Waals surface area contributed by atoms with Crippen molar-refractivity contribution >= 4 is 17.7 Å². The number of rotatable bonds is 5. The lowest BCUT2D eigenvalue weighted by atomic mass is 10.4. The zero-order valence-corrected chi connectivity index (χ0v) is 9.27. The number of anilines is 1. The molecule has 1 aromatic rings. The van der Waals surface area contributed by atoms with Crippen LogP contribution in [0.25, 0.3) is 0 Å². The van der Waals surface area contributed by atoms with E-state index in [1.807, 2.05) is 24.2 Å². The lowest BCUT2D eigenvalue weighted by Gasteiger charge is -2.15. The maximum absolute atomic E-state index is 4.25. The molecule has 0 aromatic carbocycles. The fourth-order valence-corrected chi connectivity index (χ4v) is 1.93. The number of nitrogens with one attached hydrogen (secondary N) is 1. The predicted octanol–water partition coefficient (Wildman–Crippen LogP) is 2.24. The Morgan fingerprint density at radius 3 is 3.08 bits per heavy atom. The van der Waals surface area contributed by atoms with Gasteiger partial charge in [-0.3, -0.25) is 0 Å². The number of thioether (sulfide) groups is 1. The third-order valence-electron chi connectivity index (χ3n) is 1.89. The van der Waals surface area contributed by atoms with Crippen LogP contribution in [0.15, 0.2) is 12.4 Å². The van der Waals surface area contributed by atoms with Crippen LogP contribution in [0.2, 0.25) is 0 Å². The maximum atomic E-state index is 4.25. The van der Waals surface area contributed by atoms with Gasteiger partial charge in [-0.1, -0.05) is 0 Å². The van der Waals surface area contributed by atoms with Gasteiger partial charge in [0, 0.05) is 30.7 Å². The van der Waals surface area contributed by atoms with Gasteiger partial charge in [-0.15, -0.1) is 0 Å². The summed E-state index contributed by atoms with van der Waals surface area (Å²) < 4.78 is 2.18. The molecule has 1 rings (SSSR count). The first-order chi connectivity index (χ1) is 6.29. The summed E-state index contributed by atoms with van der Waals surface area (Å²) in [6.45, 7) is 5.21. The first-order valence-corrected chi connectivity index (χ1v) is 5.94. The third kappa shape index (κ3) is 2.66. The van der Waals surface area contributed by atoms with Crippen LogP contribution >= 0.6 is 11.8 Å². The summed E-state index contributed by atoms with van der Waals surface area (Å²) in [5.41, 5.74) is 0. The first-order valence-electron chi connectivity index (χ1n) is 4.55. The summed E-state index contributed by atoms with van der Waals surface area (Å²) >= 11 is 1.86. The molecule has 0 spiro atoms. The average molecular weight is 199 g/mol. The molecule has 74 valence electrons. The number of hydrogen-bond donors (Lipinski definition) is 1. The number of hydrogen-bond acceptors (Lipinski definition) is 3. The van der Waals surface area contributed by atoms with Crippen molar-refractivity contribution in [1.82, 2.24) is 9.55 Å². The van der Waals surface area contributed by atoms with Crippen molar-refractivity contribution < 1.29 is 0 Å². The van der Waals surface area contributed by atoms with Gasteiger partial charge in [-0.05, 0) is 20.1 Å². The molecule has 13 heavy (non-hydrogen) atoms. The summed E-state index contributed by atoms with van der Waals surface area (Å²) in [6, 6.07) is 0.506. The molecule has 0 saturated carbocycles. The minimum absolute atomic E-state index is 0.506. The van der Waals surface area contributed by atoms with Gasteiger partial charge in [0.1, 0.15) is 0 Å². The lowest BCUT2D eigenvalue weighted by Crippen LogP contribution is -2.11. The van der Waals surface area contributed by atoms with Crippen molar-refractivity contribution in [3.05, 3.63) is 12.4 Å². The summed E-state index contributed by atoms with van der Waals surface area (Å²) in [7, 11) is 0. The Kier molecular flexibility index (Phi) is 4.15. The normalized spacial score (nSPS) is 12.8. The molecule has 0 aliphatic heterocycles. The monoisotopic (exact) mass is 199 g/mol. The van der Waals surface area contributed by atoms with E-state index < -0.39 is 0 Å². The van der Waals surface area contributed by atoms with E-state index in [-0.39, 0.29) is 0 Å². The van der Waals surface area contributed by atoms with Gasteiger partial charge in [0.15, 0.2) is 0 Å². The van der Waals surface area contributed by atoms with Gasteiger partial charge in [0.2, 0.25) is 5.95 Å². The minimum Gasteiger partial charge on any atom is -0.356 e. The topological polar surface area (TPSA) is 29.9 Å². The van der Waals surface area contributed by atoms with Crippen LogP contribution < -0.4 is 5.32 Å². The molecule has 0 aliphatic carbocycles. The summed E-state index contributed by atoms with van der Waals surface area (Å²) in [5.74, 6) is 2.10. The van der Waals surface area contributed by atoms with Gasteiger partial charge >= 0.3 is 0 Å². The van der Waals surface area contributed by atoms with Gasteiger partial charge in [0.25, 0.3) is 0 Å². The van der Waals surface area contributed by atoms with Crippen molar-refractivity contribution in [2.45, 2.75) is 19.9 Å². The van der Waals surface area contributed by atoms with E-state index >= 15 is 0 Å². The first kappa shape index (κ1) is 10.4. The molecule has 0 fully saturated rings. The van der Waals surface area contributed by atoms with Crippen molar-refractivity contribution in [3.63, 3.8) is 0 Å². The summed E-state index contributed by atoms with van der Waals surface area (Å²) in [6.07, 6.45) is 5.99. The van der Waals surface area contributed by atoms with Crippen molar-refractivity contribution in [3.8, 4) is 0 Å². The van der Waals surface area contributed by atoms with E-state index in [0.717, 1.165) is 18.2 Å². The smallest absolute Gasteiger partial charge is 0.203 e. The molecule has 1 atom stereocenters. The number of nitrogens with zero attached hydrogens (tertiary/aromatic N) is 2. The van der Waals surface area contributed by atoms with Gasteiger partial charge in [0.05, 0.1) is 0 Å². The van der Waals surface area contributed by atoms with Crippen LogP contribution in [0, 0.1) is 0 Å². The largest absolute Gasteiger partial charge is 0.356 e. The molecular formula is C9H17N3S. The van der Waals surface area contributed by atoms with E-state index in [0.29, 0.717) is 6.04 Å². The molecule has 0 bridgehead atoms. The van der Waals surface area contributed by atoms with E-state index in [4.69, 9.17) is 0 Å². The molecule has 1 aromatic heterocycles. The van der Waals surface area contributed by atoms with Crippen molar-refractivity contribution in [1.29, 1.82) is 0 Å². The zero-order chi connectivity index (χ0) is 9.68. The van der Waals surface area contributed by atoms with E-state index in [2.05, 4.69) is 35.0 Å². The second kappa shape index (κ2) is 5.17. The molecule has 1 unspecified atom stereocenters. The molecule has 0 saturated heterocycles. The van der Waals surface area contributed by atoms with E-state index in [1.165, 1.54) is 0 Å². The van der Waals surface area contributed by atoms with E-state index in [1.54, 1.807) is 0 Å². The second-order valence-electron chi connectivity index (χ2n) is 2.99. The van der Waals surface area contributed by atoms with Crippen molar-refractivity contribution in [2.24, 2.45) is 0 Å². The van der Waals surface area contributed by atoms with Gasteiger partial charge < -0.3 is 9.88 Å². The fourth-order valence-electron chi connectivity index (χ4n) is 1.29. The Morgan fingerprint density at radius 1 is 1.69 bits per heavy atom. The number of aromatic nitrogens is 2. The maximum Gasteiger partial charge on any atom is 0.203 e. The zero-order valence-electron chi connectivity index (χ0n) is 8.45. The van der Waals surface area contributed by atoms with Gasteiger partial charge in [-0.2, -0.15) is 11.8 Å². The highest BCUT2D eigenvalue weighted by atomic mass is 32.2. The Bertz CT molecular complexity index is 247. The van der Waals surface area contributed by atoms with Crippen LogP contribution in [-0.4, -0.2) is 28.1 Å². The average Bonchev–Trinajstić information content (AvgIpc) is 2.54. The Morgan fingerprint density at radius 2 is 2.46 bits per heavy atom. The predicted molar refractivity (Wildman–Crippen MR) is 59.5 cm³/mol. The summed E-state index contributed by atoms with van der Waals surface area (Å²) in [4.78, 5) is 4.25. The molecule has 4 heteroatoms.